The van der Waals surface area contributed by atoms with E-state index in [9.17, 15) is 9.59 Å². The highest BCUT2D eigenvalue weighted by molar-refractivity contribution is 5.95. The third-order valence-corrected chi connectivity index (χ3v) is 4.69. The van der Waals surface area contributed by atoms with Gasteiger partial charge in [0, 0.05) is 18.7 Å². The predicted octanol–water partition coefficient (Wildman–Crippen LogP) is 3.43. The molecule has 142 valence electrons. The molecule has 1 aliphatic rings. The summed E-state index contributed by atoms with van der Waals surface area (Å²) in [6, 6.07) is 15.7. The van der Waals surface area contributed by atoms with Crippen molar-refractivity contribution in [3.8, 4) is 5.75 Å². The molecule has 0 aliphatic carbocycles. The summed E-state index contributed by atoms with van der Waals surface area (Å²) in [5, 5.41) is 5.63. The summed E-state index contributed by atoms with van der Waals surface area (Å²) in [5.41, 5.74) is 2.40. The molecule has 2 N–H and O–H groups in total. The maximum absolute atomic E-state index is 12.7. The first-order valence-electron chi connectivity index (χ1n) is 9.11. The highest BCUT2D eigenvalue weighted by Crippen LogP contribution is 2.32. The van der Waals surface area contributed by atoms with Crippen LogP contribution in [-0.4, -0.2) is 36.9 Å². The van der Waals surface area contributed by atoms with E-state index in [4.69, 9.17) is 4.74 Å². The molecule has 1 heterocycles. The molecular formula is C21H25N3O3. The molecule has 6 nitrogen and oxygen atoms in total. The summed E-state index contributed by atoms with van der Waals surface area (Å²) in [4.78, 5) is 26.1. The number of ether oxygens (including phenoxy) is 1. The van der Waals surface area contributed by atoms with E-state index >= 15 is 0 Å². The summed E-state index contributed by atoms with van der Waals surface area (Å²) in [5.74, 6) is 0.287. The van der Waals surface area contributed by atoms with E-state index in [1.54, 1.807) is 25.3 Å². The molecule has 0 spiro atoms. The minimum atomic E-state index is -0.166. The number of benzene rings is 2. The zero-order valence-electron chi connectivity index (χ0n) is 15.7. The molecule has 1 atom stereocenters. The van der Waals surface area contributed by atoms with Crippen molar-refractivity contribution >= 4 is 23.2 Å². The Bertz CT molecular complexity index is 808. The highest BCUT2D eigenvalue weighted by Gasteiger charge is 2.27. The Labute approximate surface area is 159 Å². The van der Waals surface area contributed by atoms with Gasteiger partial charge in [0.25, 0.3) is 0 Å². The first kappa shape index (κ1) is 18.9. The summed E-state index contributed by atoms with van der Waals surface area (Å²) in [6.45, 7) is 2.66. The summed E-state index contributed by atoms with van der Waals surface area (Å²) in [6.07, 6.45) is 2.13. The van der Waals surface area contributed by atoms with E-state index in [-0.39, 0.29) is 17.9 Å². The average Bonchev–Trinajstić information content (AvgIpc) is 3.10. The zero-order chi connectivity index (χ0) is 19.2. The molecular weight excluding hydrogens is 342 g/mol. The maximum atomic E-state index is 12.7. The number of rotatable bonds is 6. The SMILES string of the molecule is COc1ccc(NC(C)=O)cc1NC(=O)CN1CCC[C@H]1c1ccccc1. The fourth-order valence-corrected chi connectivity index (χ4v) is 3.53. The van der Waals surface area contributed by atoms with Crippen molar-refractivity contribution in [1.29, 1.82) is 0 Å². The van der Waals surface area contributed by atoms with Gasteiger partial charge in [-0.1, -0.05) is 30.3 Å². The van der Waals surface area contributed by atoms with Gasteiger partial charge in [-0.3, -0.25) is 14.5 Å². The lowest BCUT2D eigenvalue weighted by Gasteiger charge is -2.24. The number of nitrogens with zero attached hydrogens (tertiary/aromatic N) is 1. The van der Waals surface area contributed by atoms with Crippen LogP contribution in [0.15, 0.2) is 48.5 Å². The fraction of sp³-hybridized carbons (Fsp3) is 0.333. The summed E-state index contributed by atoms with van der Waals surface area (Å²) < 4.78 is 5.33. The predicted molar refractivity (Wildman–Crippen MR) is 106 cm³/mol. The van der Waals surface area contributed by atoms with E-state index in [2.05, 4.69) is 27.7 Å². The van der Waals surface area contributed by atoms with Crippen molar-refractivity contribution in [1.82, 2.24) is 4.90 Å². The second kappa shape index (κ2) is 8.68. The van der Waals surface area contributed by atoms with Crippen LogP contribution >= 0.6 is 0 Å². The largest absolute Gasteiger partial charge is 0.495 e. The molecule has 0 saturated carbocycles. The first-order chi connectivity index (χ1) is 13.1. The van der Waals surface area contributed by atoms with Crippen LogP contribution in [-0.2, 0) is 9.59 Å². The van der Waals surface area contributed by atoms with Crippen molar-refractivity contribution in [2.24, 2.45) is 0 Å². The van der Waals surface area contributed by atoms with Crippen molar-refractivity contribution in [2.45, 2.75) is 25.8 Å². The number of likely N-dealkylation sites (tertiary alicyclic amines) is 1. The maximum Gasteiger partial charge on any atom is 0.238 e. The lowest BCUT2D eigenvalue weighted by atomic mass is 10.0. The van der Waals surface area contributed by atoms with Crippen LogP contribution in [0.4, 0.5) is 11.4 Å². The molecule has 6 heteroatoms. The molecule has 1 aliphatic heterocycles. The van der Waals surface area contributed by atoms with Crippen molar-refractivity contribution < 1.29 is 14.3 Å². The number of amides is 2. The van der Waals surface area contributed by atoms with Gasteiger partial charge >= 0.3 is 0 Å². The summed E-state index contributed by atoms with van der Waals surface area (Å²) >= 11 is 0. The minimum absolute atomic E-state index is 0.101. The second-order valence-corrected chi connectivity index (χ2v) is 6.68. The van der Waals surface area contributed by atoms with E-state index in [1.807, 2.05) is 18.2 Å². The van der Waals surface area contributed by atoms with Gasteiger partial charge in [0.15, 0.2) is 0 Å². The molecule has 0 aromatic heterocycles. The van der Waals surface area contributed by atoms with Gasteiger partial charge in [-0.05, 0) is 43.1 Å². The third kappa shape index (κ3) is 4.86. The summed E-state index contributed by atoms with van der Waals surface area (Å²) in [7, 11) is 1.55. The third-order valence-electron chi connectivity index (χ3n) is 4.69. The molecule has 3 rings (SSSR count). The Kier molecular flexibility index (Phi) is 6.08. The standard InChI is InChI=1S/C21H25N3O3/c1-15(25)22-17-10-11-20(27-2)18(13-17)23-21(26)14-24-12-6-9-19(24)16-7-4-3-5-8-16/h3-5,7-8,10-11,13,19H,6,9,12,14H2,1-2H3,(H,22,25)(H,23,26)/t19-/m0/s1. The number of nitrogens with one attached hydrogen (secondary N) is 2. The quantitative estimate of drug-likeness (QED) is 0.821. The fourth-order valence-electron chi connectivity index (χ4n) is 3.53. The number of hydrogen-bond donors (Lipinski definition) is 2. The number of hydrogen-bond acceptors (Lipinski definition) is 4. The van der Waals surface area contributed by atoms with Gasteiger partial charge in [0.2, 0.25) is 11.8 Å². The molecule has 0 unspecified atom stereocenters. The van der Waals surface area contributed by atoms with Gasteiger partial charge < -0.3 is 15.4 Å². The van der Waals surface area contributed by atoms with Crippen LogP contribution in [0.2, 0.25) is 0 Å². The monoisotopic (exact) mass is 367 g/mol. The molecule has 2 amide bonds. The second-order valence-electron chi connectivity index (χ2n) is 6.68. The van der Waals surface area contributed by atoms with Crippen molar-refractivity contribution in [2.75, 3.05) is 30.8 Å². The van der Waals surface area contributed by atoms with E-state index in [0.29, 0.717) is 23.7 Å². The first-order valence-corrected chi connectivity index (χ1v) is 9.11. The molecule has 0 radical (unpaired) electrons. The Morgan fingerprint density at radius 2 is 1.93 bits per heavy atom. The number of methoxy groups -OCH3 is 1. The highest BCUT2D eigenvalue weighted by atomic mass is 16.5. The van der Waals surface area contributed by atoms with Crippen LogP contribution < -0.4 is 15.4 Å². The molecule has 1 saturated heterocycles. The van der Waals surface area contributed by atoms with Gasteiger partial charge in [-0.25, -0.2) is 0 Å². The van der Waals surface area contributed by atoms with Gasteiger partial charge in [-0.2, -0.15) is 0 Å². The normalized spacial score (nSPS) is 16.7. The molecule has 2 aromatic carbocycles. The zero-order valence-corrected chi connectivity index (χ0v) is 15.7. The van der Waals surface area contributed by atoms with E-state index in [0.717, 1.165) is 19.4 Å². The average molecular weight is 367 g/mol. The minimum Gasteiger partial charge on any atom is -0.495 e. The van der Waals surface area contributed by atoms with E-state index < -0.39 is 0 Å². The van der Waals surface area contributed by atoms with Crippen LogP contribution in [0.3, 0.4) is 0 Å². The van der Waals surface area contributed by atoms with Crippen LogP contribution in [0.5, 0.6) is 5.75 Å². The van der Waals surface area contributed by atoms with Crippen LogP contribution in [0, 0.1) is 0 Å². The number of anilines is 2. The van der Waals surface area contributed by atoms with Crippen LogP contribution in [0.25, 0.3) is 0 Å². The lowest BCUT2D eigenvalue weighted by molar-refractivity contribution is -0.117. The molecule has 0 bridgehead atoms. The molecule has 2 aromatic rings. The smallest absolute Gasteiger partial charge is 0.238 e. The van der Waals surface area contributed by atoms with Gasteiger partial charge in [0.1, 0.15) is 5.75 Å². The van der Waals surface area contributed by atoms with Crippen molar-refractivity contribution in [3.05, 3.63) is 54.1 Å². The Morgan fingerprint density at radius 1 is 1.15 bits per heavy atom. The van der Waals surface area contributed by atoms with E-state index in [1.165, 1.54) is 12.5 Å². The van der Waals surface area contributed by atoms with Gasteiger partial charge in [-0.15, -0.1) is 0 Å². The Hall–Kier alpha value is -2.86. The topological polar surface area (TPSA) is 70.7 Å². The number of carbonyl (C=O) groups excluding carboxylic acids is 2. The van der Waals surface area contributed by atoms with Crippen molar-refractivity contribution in [3.63, 3.8) is 0 Å². The van der Waals surface area contributed by atoms with Gasteiger partial charge in [0.05, 0.1) is 19.3 Å². The Balaban J connectivity index is 1.69. The van der Waals surface area contributed by atoms with Crippen LogP contribution in [0.1, 0.15) is 31.4 Å². The number of carbonyl (C=O) groups is 2. The molecule has 27 heavy (non-hydrogen) atoms. The molecule has 1 fully saturated rings. The Morgan fingerprint density at radius 3 is 2.63 bits per heavy atom. The lowest BCUT2D eigenvalue weighted by Crippen LogP contribution is -2.33.